The van der Waals surface area contributed by atoms with Crippen molar-refractivity contribution >= 4 is 42.4 Å². The number of benzene rings is 3. The first kappa shape index (κ1) is 36.7. The smallest absolute Gasteiger partial charge is 0.305 e. The van der Waals surface area contributed by atoms with Gasteiger partial charge in [-0.2, -0.15) is 0 Å². The minimum Gasteiger partial charge on any atom is -0.497 e. The van der Waals surface area contributed by atoms with E-state index in [0.717, 1.165) is 22.6 Å². The quantitative estimate of drug-likeness (QED) is 0.0946. The number of hydrogen-bond donors (Lipinski definition) is 1. The van der Waals surface area contributed by atoms with E-state index in [1.807, 2.05) is 76.4 Å². The predicted octanol–water partition coefficient (Wildman–Crippen LogP) is 6.06. The summed E-state index contributed by atoms with van der Waals surface area (Å²) < 4.78 is 19.3. The minimum atomic E-state index is -2.35. The molecule has 4 aromatic rings. The molecule has 0 aliphatic carbocycles. The van der Waals surface area contributed by atoms with E-state index in [-0.39, 0.29) is 42.0 Å². The van der Waals surface area contributed by atoms with Gasteiger partial charge < -0.3 is 24.2 Å². The Morgan fingerprint density at radius 3 is 2.49 bits per heavy atom. The molecule has 1 aromatic heterocycles. The first-order valence-electron chi connectivity index (χ1n) is 17.6. The average Bonchev–Trinajstić information content (AvgIpc) is 3.79. The summed E-state index contributed by atoms with van der Waals surface area (Å²) in [5.41, 5.74) is 2.08. The number of anilines is 1. The lowest BCUT2D eigenvalue weighted by atomic mass is 9.82. The number of rotatable bonds is 14. The molecule has 1 unspecified atom stereocenters. The van der Waals surface area contributed by atoms with Gasteiger partial charge in [0.25, 0.3) is 5.91 Å². The second kappa shape index (κ2) is 15.3. The highest BCUT2D eigenvalue weighted by Crippen LogP contribution is 2.60. The molecule has 0 radical (unpaired) electrons. The number of carbonyl (C=O) groups is 2. The molecule has 6 rings (SSSR count). The molecule has 1 saturated heterocycles. The topological polar surface area (TPSA) is 116 Å². The number of nitrogens with zero attached hydrogens (tertiary/aromatic N) is 4. The van der Waals surface area contributed by atoms with Crippen molar-refractivity contribution in [2.24, 2.45) is 5.92 Å². The Kier molecular flexibility index (Phi) is 11.0. The van der Waals surface area contributed by atoms with Gasteiger partial charge in [-0.1, -0.05) is 84.5 Å². The Labute approximate surface area is 305 Å². The normalized spacial score (nSPS) is 22.0. The molecule has 270 valence electrons. The van der Waals surface area contributed by atoms with Gasteiger partial charge in [0.05, 0.1) is 52.3 Å². The standard InChI is InChI=1S/C39H47ClN4O6Si/c1-26-37(51(4,5)30-17-15-29(48-2)16-18-30)35(20-22-43-24-33(41-42-43)31(25-45)27-11-7-6-8-12-27)50-39(26)32-23-28(40)14-19-34(32)44(38(39)47)21-10-9-13-36(46)49-3/h6-8,11-12,14-19,23-24,26,31,35,37,45H,9-10,13,20-22,25H2,1-5H3/t26-,31?,35+,37-,39+/m1/s1. The molecule has 10 nitrogen and oxygen atoms in total. The molecule has 3 heterocycles. The second-order valence-corrected chi connectivity index (χ2v) is 19.3. The van der Waals surface area contributed by atoms with Crippen molar-refractivity contribution in [2.75, 3.05) is 32.3 Å². The molecule has 1 fully saturated rings. The maximum absolute atomic E-state index is 14.9. The van der Waals surface area contributed by atoms with E-state index in [9.17, 15) is 14.7 Å². The van der Waals surface area contributed by atoms with E-state index in [4.69, 9.17) is 25.8 Å². The average molecular weight is 731 g/mol. The van der Waals surface area contributed by atoms with E-state index in [1.165, 1.54) is 12.3 Å². The number of carbonyl (C=O) groups excluding carboxylic acids is 2. The van der Waals surface area contributed by atoms with Crippen LogP contribution in [0, 0.1) is 5.92 Å². The van der Waals surface area contributed by atoms with E-state index in [0.29, 0.717) is 49.5 Å². The summed E-state index contributed by atoms with van der Waals surface area (Å²) >= 11 is 6.64. The van der Waals surface area contributed by atoms with Crippen molar-refractivity contribution < 1.29 is 28.9 Å². The van der Waals surface area contributed by atoms with Crippen LogP contribution in [0.4, 0.5) is 5.69 Å². The maximum atomic E-state index is 14.9. The summed E-state index contributed by atoms with van der Waals surface area (Å²) in [4.78, 5) is 28.5. The largest absolute Gasteiger partial charge is 0.497 e. The van der Waals surface area contributed by atoms with E-state index < -0.39 is 13.7 Å². The summed E-state index contributed by atoms with van der Waals surface area (Å²) in [5, 5.41) is 20.9. The highest BCUT2D eigenvalue weighted by Gasteiger charge is 2.66. The number of aromatic nitrogens is 3. The first-order chi connectivity index (χ1) is 24.5. The SMILES string of the molecule is COC(=O)CCCCN1C(=O)[C@@]2(O[C@@H](CCn3cc(C(CO)c4ccccc4)nn3)[C@H]([Si](C)(C)c3ccc(OC)cc3)[C@H]2C)c2cc(Cl)ccc21. The van der Waals surface area contributed by atoms with Gasteiger partial charge in [-0.25, -0.2) is 0 Å². The highest BCUT2D eigenvalue weighted by molar-refractivity contribution is 6.91. The molecule has 1 amide bonds. The molecule has 2 aliphatic rings. The summed E-state index contributed by atoms with van der Waals surface area (Å²) in [5.74, 6) is -0.0188. The first-order valence-corrected chi connectivity index (χ1v) is 21.1. The Morgan fingerprint density at radius 1 is 1.06 bits per heavy atom. The minimum absolute atomic E-state index is 0.0402. The molecular weight excluding hydrogens is 684 g/mol. The molecule has 1 N–H and O–H groups in total. The van der Waals surface area contributed by atoms with Crippen LogP contribution in [-0.4, -0.2) is 73.5 Å². The molecule has 2 aliphatic heterocycles. The van der Waals surface area contributed by atoms with E-state index in [2.05, 4.69) is 42.5 Å². The zero-order valence-electron chi connectivity index (χ0n) is 29.9. The van der Waals surface area contributed by atoms with Crippen LogP contribution < -0.4 is 14.8 Å². The van der Waals surface area contributed by atoms with Crippen molar-refractivity contribution in [3.63, 3.8) is 0 Å². The Hall–Kier alpha value is -4.03. The van der Waals surface area contributed by atoms with E-state index in [1.54, 1.807) is 7.11 Å². The van der Waals surface area contributed by atoms with Crippen LogP contribution in [0.1, 0.15) is 55.3 Å². The van der Waals surface area contributed by atoms with Crippen LogP contribution in [0.5, 0.6) is 5.75 Å². The monoisotopic (exact) mass is 730 g/mol. The number of amides is 1. The number of aliphatic hydroxyl groups is 1. The van der Waals surface area contributed by atoms with Crippen molar-refractivity contribution in [1.82, 2.24) is 15.0 Å². The van der Waals surface area contributed by atoms with Gasteiger partial charge in [-0.05, 0) is 60.7 Å². The number of methoxy groups -OCH3 is 2. The van der Waals surface area contributed by atoms with Gasteiger partial charge in [0.1, 0.15) is 5.75 Å². The van der Waals surface area contributed by atoms with Crippen LogP contribution >= 0.6 is 11.6 Å². The zero-order valence-corrected chi connectivity index (χ0v) is 31.7. The highest BCUT2D eigenvalue weighted by atomic mass is 35.5. The van der Waals surface area contributed by atoms with Gasteiger partial charge in [0.15, 0.2) is 5.60 Å². The number of unbranched alkanes of at least 4 members (excludes halogenated alkanes) is 1. The van der Waals surface area contributed by atoms with Crippen LogP contribution in [0.15, 0.2) is 79.0 Å². The molecule has 0 saturated carbocycles. The van der Waals surface area contributed by atoms with Gasteiger partial charge in [0, 0.05) is 42.2 Å². The number of esters is 1. The van der Waals surface area contributed by atoms with Crippen LogP contribution in [0.3, 0.4) is 0 Å². The van der Waals surface area contributed by atoms with Crippen molar-refractivity contribution in [1.29, 1.82) is 0 Å². The molecule has 51 heavy (non-hydrogen) atoms. The van der Waals surface area contributed by atoms with Crippen molar-refractivity contribution in [3.05, 3.63) is 101 Å². The summed E-state index contributed by atoms with van der Waals surface area (Å²) in [6.45, 7) is 7.75. The Bertz CT molecular complexity index is 1840. The molecule has 1 spiro atoms. The number of hydrogen-bond acceptors (Lipinski definition) is 8. The maximum Gasteiger partial charge on any atom is 0.305 e. The lowest BCUT2D eigenvalue weighted by Gasteiger charge is -2.37. The van der Waals surface area contributed by atoms with Gasteiger partial charge >= 0.3 is 5.97 Å². The number of aryl methyl sites for hydroxylation is 1. The van der Waals surface area contributed by atoms with Crippen molar-refractivity contribution in [3.8, 4) is 5.75 Å². The van der Waals surface area contributed by atoms with Crippen LogP contribution in [-0.2, 0) is 31.2 Å². The van der Waals surface area contributed by atoms with Gasteiger partial charge in [-0.3, -0.25) is 14.3 Å². The molecule has 5 atom stereocenters. The number of aliphatic hydroxyl groups excluding tert-OH is 1. The third-order valence-electron chi connectivity index (χ3n) is 11.0. The second-order valence-electron chi connectivity index (χ2n) is 14.1. The summed E-state index contributed by atoms with van der Waals surface area (Å²) in [6, 6.07) is 23.7. The molecule has 12 heteroatoms. The number of fused-ring (bicyclic) bond motifs is 2. The van der Waals surface area contributed by atoms with Gasteiger partial charge in [-0.15, -0.1) is 5.10 Å². The Morgan fingerprint density at radius 2 is 1.80 bits per heavy atom. The fourth-order valence-corrected chi connectivity index (χ4v) is 12.5. The third-order valence-corrected chi connectivity index (χ3v) is 15.6. The van der Waals surface area contributed by atoms with Crippen LogP contribution in [0.2, 0.25) is 23.7 Å². The lowest BCUT2D eigenvalue weighted by Crippen LogP contribution is -2.52. The van der Waals surface area contributed by atoms with Crippen LogP contribution in [0.25, 0.3) is 0 Å². The summed E-state index contributed by atoms with van der Waals surface area (Å²) in [7, 11) is 0.699. The van der Waals surface area contributed by atoms with Gasteiger partial charge in [0.2, 0.25) is 0 Å². The summed E-state index contributed by atoms with van der Waals surface area (Å²) in [6.07, 6.45) is 3.75. The molecule has 3 aromatic carbocycles. The molecular formula is C39H47ClN4O6Si. The third kappa shape index (κ3) is 6.96. The lowest BCUT2D eigenvalue weighted by molar-refractivity contribution is -0.146. The number of halogens is 1. The fourth-order valence-electron chi connectivity index (χ4n) is 8.32. The molecule has 0 bridgehead atoms. The Balaban J connectivity index is 1.33. The number of ether oxygens (including phenoxy) is 3. The van der Waals surface area contributed by atoms with E-state index >= 15 is 0 Å². The predicted molar refractivity (Wildman–Crippen MR) is 199 cm³/mol. The van der Waals surface area contributed by atoms with Crippen molar-refractivity contribution in [2.45, 2.75) is 75.4 Å². The zero-order chi connectivity index (χ0) is 36.3. The fraction of sp³-hybridized carbons (Fsp3) is 0.436.